The van der Waals surface area contributed by atoms with Crippen molar-refractivity contribution in [1.29, 1.82) is 0 Å². The Morgan fingerprint density at radius 2 is 2.42 bits per heavy atom. The third-order valence-electron chi connectivity index (χ3n) is 3.71. The first kappa shape index (κ1) is 14.5. The Labute approximate surface area is 116 Å². The van der Waals surface area contributed by atoms with Gasteiger partial charge in [-0.2, -0.15) is 0 Å². The maximum absolute atomic E-state index is 5.87. The van der Waals surface area contributed by atoms with E-state index in [0.717, 1.165) is 26.0 Å². The van der Waals surface area contributed by atoms with E-state index in [1.165, 1.54) is 31.2 Å². The Balaban J connectivity index is 1.87. The molecule has 2 unspecified atom stereocenters. The van der Waals surface area contributed by atoms with Crippen LogP contribution in [0.5, 0.6) is 0 Å². The van der Waals surface area contributed by atoms with Crippen LogP contribution >= 0.6 is 0 Å². The molecule has 0 saturated carbocycles. The van der Waals surface area contributed by atoms with Gasteiger partial charge in [0.1, 0.15) is 0 Å². The monoisotopic (exact) mass is 262 g/mol. The summed E-state index contributed by atoms with van der Waals surface area (Å²) in [6, 6.07) is 4.69. The molecule has 3 heteroatoms. The highest BCUT2D eigenvalue weighted by Gasteiger charge is 2.19. The van der Waals surface area contributed by atoms with Gasteiger partial charge in [0.15, 0.2) is 0 Å². The van der Waals surface area contributed by atoms with E-state index in [9.17, 15) is 0 Å². The van der Waals surface area contributed by atoms with E-state index >= 15 is 0 Å². The summed E-state index contributed by atoms with van der Waals surface area (Å²) in [6.45, 7) is 4.24. The average Bonchev–Trinajstić information content (AvgIpc) is 2.47. The first-order valence-corrected chi connectivity index (χ1v) is 7.62. The van der Waals surface area contributed by atoms with Crippen LogP contribution < -0.4 is 5.32 Å². The van der Waals surface area contributed by atoms with E-state index in [-0.39, 0.29) is 0 Å². The summed E-state index contributed by atoms with van der Waals surface area (Å²) < 4.78 is 5.87. The lowest BCUT2D eigenvalue weighted by atomic mass is 9.97. The summed E-state index contributed by atoms with van der Waals surface area (Å²) in [6.07, 6.45) is 11.4. The largest absolute Gasteiger partial charge is 0.378 e. The van der Waals surface area contributed by atoms with Crippen LogP contribution in [0.4, 0.5) is 0 Å². The predicted octanol–water partition coefficient (Wildman–Crippen LogP) is 2.95. The molecule has 106 valence electrons. The molecule has 3 nitrogen and oxygen atoms in total. The molecule has 0 amide bonds. The number of aromatic nitrogens is 1. The van der Waals surface area contributed by atoms with Gasteiger partial charge >= 0.3 is 0 Å². The maximum Gasteiger partial charge on any atom is 0.0590 e. The normalized spacial score (nSPS) is 21.2. The van der Waals surface area contributed by atoms with E-state index in [4.69, 9.17) is 4.74 Å². The van der Waals surface area contributed by atoms with Gasteiger partial charge < -0.3 is 10.1 Å². The fourth-order valence-electron chi connectivity index (χ4n) is 2.70. The molecule has 1 aliphatic heterocycles. The van der Waals surface area contributed by atoms with Gasteiger partial charge in [-0.05, 0) is 56.7 Å². The van der Waals surface area contributed by atoms with Crippen LogP contribution in [0, 0.1) is 0 Å². The molecule has 1 aliphatic rings. The molecule has 0 bridgehead atoms. The minimum absolute atomic E-state index is 0.444. The van der Waals surface area contributed by atoms with Gasteiger partial charge in [0.25, 0.3) is 0 Å². The van der Waals surface area contributed by atoms with Crippen molar-refractivity contribution in [3.8, 4) is 0 Å². The zero-order chi connectivity index (χ0) is 13.3. The SMILES string of the molecule is CCCNC(Cc1cccnc1)CC1CCCCO1. The molecule has 1 aromatic heterocycles. The predicted molar refractivity (Wildman–Crippen MR) is 78.2 cm³/mol. The van der Waals surface area contributed by atoms with Crippen molar-refractivity contribution < 1.29 is 4.74 Å². The second kappa shape index (κ2) is 8.28. The van der Waals surface area contributed by atoms with Crippen molar-refractivity contribution in [1.82, 2.24) is 10.3 Å². The van der Waals surface area contributed by atoms with E-state index < -0.39 is 0 Å². The molecule has 2 rings (SSSR count). The van der Waals surface area contributed by atoms with E-state index in [1.54, 1.807) is 0 Å². The molecule has 2 atom stereocenters. The quantitative estimate of drug-likeness (QED) is 0.820. The van der Waals surface area contributed by atoms with Crippen molar-refractivity contribution in [3.05, 3.63) is 30.1 Å². The number of ether oxygens (including phenoxy) is 1. The third kappa shape index (κ3) is 5.29. The molecule has 0 aromatic carbocycles. The van der Waals surface area contributed by atoms with Crippen LogP contribution in [0.15, 0.2) is 24.5 Å². The Bertz CT molecular complexity index is 336. The zero-order valence-corrected chi connectivity index (χ0v) is 12.0. The Kier molecular flexibility index (Phi) is 6.31. The Hall–Kier alpha value is -0.930. The lowest BCUT2D eigenvalue weighted by molar-refractivity contribution is 0.00526. The van der Waals surface area contributed by atoms with Crippen LogP contribution in [0.3, 0.4) is 0 Å². The highest BCUT2D eigenvalue weighted by Crippen LogP contribution is 2.18. The molecule has 0 spiro atoms. The highest BCUT2D eigenvalue weighted by molar-refractivity contribution is 5.10. The van der Waals surface area contributed by atoms with Gasteiger partial charge in [0, 0.05) is 25.0 Å². The van der Waals surface area contributed by atoms with Crippen molar-refractivity contribution in [2.24, 2.45) is 0 Å². The van der Waals surface area contributed by atoms with Gasteiger partial charge in [-0.3, -0.25) is 4.98 Å². The number of pyridine rings is 1. The standard InChI is InChI=1S/C16H26N2O/c1-2-8-18-15(11-14-6-5-9-17-13-14)12-16-7-3-4-10-19-16/h5-6,9,13,15-16,18H,2-4,7-8,10-12H2,1H3. The summed E-state index contributed by atoms with van der Waals surface area (Å²) in [5.74, 6) is 0. The summed E-state index contributed by atoms with van der Waals surface area (Å²) in [5, 5.41) is 3.66. The summed E-state index contributed by atoms with van der Waals surface area (Å²) in [7, 11) is 0. The first-order valence-electron chi connectivity index (χ1n) is 7.62. The number of rotatable bonds is 7. The van der Waals surface area contributed by atoms with Gasteiger partial charge in [-0.25, -0.2) is 0 Å². The number of nitrogens with zero attached hydrogens (tertiary/aromatic N) is 1. The van der Waals surface area contributed by atoms with E-state index in [2.05, 4.69) is 23.3 Å². The molecule has 1 aromatic rings. The molecule has 19 heavy (non-hydrogen) atoms. The second-order valence-electron chi connectivity index (χ2n) is 5.44. The van der Waals surface area contributed by atoms with Gasteiger partial charge in [0.05, 0.1) is 6.10 Å². The van der Waals surface area contributed by atoms with Crippen LogP contribution in [-0.2, 0) is 11.2 Å². The third-order valence-corrected chi connectivity index (χ3v) is 3.71. The summed E-state index contributed by atoms with van der Waals surface area (Å²) >= 11 is 0. The van der Waals surface area contributed by atoms with Crippen LogP contribution in [0.2, 0.25) is 0 Å². The first-order chi connectivity index (χ1) is 9.38. The van der Waals surface area contributed by atoms with Crippen molar-refractivity contribution in [2.45, 2.75) is 57.6 Å². The van der Waals surface area contributed by atoms with Gasteiger partial charge in [-0.15, -0.1) is 0 Å². The van der Waals surface area contributed by atoms with E-state index in [0.29, 0.717) is 12.1 Å². The number of nitrogens with one attached hydrogen (secondary N) is 1. The van der Waals surface area contributed by atoms with E-state index in [1.807, 2.05) is 18.5 Å². The minimum Gasteiger partial charge on any atom is -0.378 e. The van der Waals surface area contributed by atoms with Crippen molar-refractivity contribution in [2.75, 3.05) is 13.2 Å². The topological polar surface area (TPSA) is 34.2 Å². The number of hydrogen-bond acceptors (Lipinski definition) is 3. The lowest BCUT2D eigenvalue weighted by Crippen LogP contribution is -2.36. The lowest BCUT2D eigenvalue weighted by Gasteiger charge is -2.27. The highest BCUT2D eigenvalue weighted by atomic mass is 16.5. The Morgan fingerprint density at radius 1 is 1.47 bits per heavy atom. The fourth-order valence-corrected chi connectivity index (χ4v) is 2.70. The molecule has 0 aliphatic carbocycles. The van der Waals surface area contributed by atoms with Crippen molar-refractivity contribution >= 4 is 0 Å². The zero-order valence-electron chi connectivity index (χ0n) is 12.0. The Morgan fingerprint density at radius 3 is 3.11 bits per heavy atom. The molecular formula is C16H26N2O. The number of hydrogen-bond donors (Lipinski definition) is 1. The van der Waals surface area contributed by atoms with Crippen LogP contribution in [-0.4, -0.2) is 30.3 Å². The van der Waals surface area contributed by atoms with Crippen LogP contribution in [0.1, 0.15) is 44.6 Å². The molecule has 1 N–H and O–H groups in total. The fraction of sp³-hybridized carbons (Fsp3) is 0.688. The molecule has 0 radical (unpaired) electrons. The summed E-state index contributed by atoms with van der Waals surface area (Å²) in [5.41, 5.74) is 1.31. The second-order valence-corrected chi connectivity index (χ2v) is 5.44. The minimum atomic E-state index is 0.444. The van der Waals surface area contributed by atoms with Crippen molar-refractivity contribution in [3.63, 3.8) is 0 Å². The molecule has 2 heterocycles. The van der Waals surface area contributed by atoms with Crippen LogP contribution in [0.25, 0.3) is 0 Å². The maximum atomic E-state index is 5.87. The molecular weight excluding hydrogens is 236 g/mol. The average molecular weight is 262 g/mol. The van der Waals surface area contributed by atoms with Gasteiger partial charge in [-0.1, -0.05) is 13.0 Å². The summed E-state index contributed by atoms with van der Waals surface area (Å²) in [4.78, 5) is 4.21. The smallest absolute Gasteiger partial charge is 0.0590 e. The molecule has 1 fully saturated rings. The van der Waals surface area contributed by atoms with Gasteiger partial charge in [0.2, 0.25) is 0 Å². The molecule has 1 saturated heterocycles.